The number of methoxy groups -OCH3 is 1. The summed E-state index contributed by atoms with van der Waals surface area (Å²) in [5.74, 6) is 0.815. The van der Waals surface area contributed by atoms with E-state index in [0.717, 1.165) is 6.42 Å². The van der Waals surface area contributed by atoms with E-state index in [9.17, 15) is 4.79 Å². The van der Waals surface area contributed by atoms with E-state index in [1.807, 2.05) is 0 Å². The van der Waals surface area contributed by atoms with Gasteiger partial charge >= 0.3 is 6.09 Å². The average Bonchev–Trinajstić information content (AvgIpc) is 2.26. The number of aromatic nitrogens is 2. The third kappa shape index (κ3) is 3.57. The van der Waals surface area contributed by atoms with Crippen LogP contribution in [0.25, 0.3) is 0 Å². The summed E-state index contributed by atoms with van der Waals surface area (Å²) < 4.78 is 15.7. The van der Waals surface area contributed by atoms with Crippen molar-refractivity contribution < 1.29 is 19.0 Å². The van der Waals surface area contributed by atoms with Gasteiger partial charge in [0.1, 0.15) is 23.1 Å². The number of hydrogen-bond donors (Lipinski definition) is 1. The summed E-state index contributed by atoms with van der Waals surface area (Å²) in [6, 6.07) is 1.61. The molecule has 1 amide bonds. The van der Waals surface area contributed by atoms with Gasteiger partial charge in [-0.25, -0.2) is 4.79 Å². The molecule has 1 unspecified atom stereocenters. The monoisotopic (exact) mass is 281 g/mol. The minimum atomic E-state index is -0.582. The van der Waals surface area contributed by atoms with E-state index in [1.54, 1.807) is 26.8 Å². The molecule has 1 aromatic rings. The van der Waals surface area contributed by atoms with Gasteiger partial charge in [-0.2, -0.15) is 0 Å². The largest absolute Gasteiger partial charge is 0.495 e. The van der Waals surface area contributed by atoms with E-state index in [0.29, 0.717) is 18.1 Å². The summed E-state index contributed by atoms with van der Waals surface area (Å²) in [4.78, 5) is 11.6. The first-order valence-electron chi connectivity index (χ1n) is 6.42. The second-order valence-corrected chi connectivity index (χ2v) is 5.46. The SMILES string of the molecule is COc1cc(NC(=O)OC(C)(C)C)nnc1C1CCO1. The van der Waals surface area contributed by atoms with E-state index in [1.165, 1.54) is 7.11 Å². The highest BCUT2D eigenvalue weighted by Crippen LogP contribution is 2.34. The lowest BCUT2D eigenvalue weighted by Gasteiger charge is -2.26. The second kappa shape index (κ2) is 5.62. The Kier molecular flexibility index (Phi) is 4.08. The van der Waals surface area contributed by atoms with Crippen molar-refractivity contribution in [2.45, 2.75) is 38.9 Å². The first-order valence-corrected chi connectivity index (χ1v) is 6.42. The van der Waals surface area contributed by atoms with Crippen LogP contribution in [0.3, 0.4) is 0 Å². The van der Waals surface area contributed by atoms with Crippen LogP contribution in [0.5, 0.6) is 5.75 Å². The van der Waals surface area contributed by atoms with Crippen molar-refractivity contribution in [2.75, 3.05) is 19.0 Å². The number of carbonyl (C=O) groups is 1. The van der Waals surface area contributed by atoms with Crippen molar-refractivity contribution in [1.82, 2.24) is 10.2 Å². The van der Waals surface area contributed by atoms with Gasteiger partial charge in [0.15, 0.2) is 5.82 Å². The highest BCUT2D eigenvalue weighted by atomic mass is 16.6. The topological polar surface area (TPSA) is 82.6 Å². The molecule has 7 nitrogen and oxygen atoms in total. The lowest BCUT2D eigenvalue weighted by Crippen LogP contribution is -2.27. The Bertz CT molecular complexity index is 495. The second-order valence-electron chi connectivity index (χ2n) is 5.46. The van der Waals surface area contributed by atoms with Gasteiger partial charge in [-0.3, -0.25) is 5.32 Å². The summed E-state index contributed by atoms with van der Waals surface area (Å²) in [6.45, 7) is 6.08. The Morgan fingerprint density at radius 2 is 2.15 bits per heavy atom. The number of ether oxygens (including phenoxy) is 3. The zero-order chi connectivity index (χ0) is 14.8. The van der Waals surface area contributed by atoms with Crippen LogP contribution in [0.2, 0.25) is 0 Å². The number of carbonyl (C=O) groups excluding carboxylic acids is 1. The van der Waals surface area contributed by atoms with Crippen LogP contribution >= 0.6 is 0 Å². The molecule has 0 aromatic carbocycles. The third-order valence-electron chi connectivity index (χ3n) is 2.64. The van der Waals surface area contributed by atoms with Crippen molar-refractivity contribution in [3.63, 3.8) is 0 Å². The Morgan fingerprint density at radius 3 is 2.65 bits per heavy atom. The molecule has 2 rings (SSSR count). The molecule has 7 heteroatoms. The van der Waals surface area contributed by atoms with E-state index >= 15 is 0 Å². The number of nitrogens with zero attached hydrogens (tertiary/aromatic N) is 2. The Morgan fingerprint density at radius 1 is 1.45 bits per heavy atom. The Labute approximate surface area is 117 Å². The van der Waals surface area contributed by atoms with Gasteiger partial charge in [0.2, 0.25) is 0 Å². The normalized spacial score (nSPS) is 18.1. The predicted molar refractivity (Wildman–Crippen MR) is 71.8 cm³/mol. The van der Waals surface area contributed by atoms with Crippen LogP contribution in [0.1, 0.15) is 39.0 Å². The number of rotatable bonds is 3. The molecule has 110 valence electrons. The molecule has 1 fully saturated rings. The molecule has 0 saturated carbocycles. The number of amides is 1. The lowest BCUT2D eigenvalue weighted by atomic mass is 10.1. The van der Waals surface area contributed by atoms with Crippen LogP contribution in [-0.2, 0) is 9.47 Å². The summed E-state index contributed by atoms with van der Waals surface area (Å²) in [5.41, 5.74) is 0.0786. The van der Waals surface area contributed by atoms with E-state index in [4.69, 9.17) is 14.2 Å². The number of hydrogen-bond acceptors (Lipinski definition) is 6. The zero-order valence-electron chi connectivity index (χ0n) is 12.1. The van der Waals surface area contributed by atoms with E-state index in [2.05, 4.69) is 15.5 Å². The first kappa shape index (κ1) is 14.5. The van der Waals surface area contributed by atoms with Crippen molar-refractivity contribution >= 4 is 11.9 Å². The maximum absolute atomic E-state index is 11.6. The van der Waals surface area contributed by atoms with Gasteiger partial charge in [-0.05, 0) is 20.8 Å². The molecule has 1 aromatic heterocycles. The standard InChI is InChI=1S/C13H19N3O4/c1-13(2,3)20-12(17)14-10-7-9(18-4)11(16-15-10)8-5-6-19-8/h7-8H,5-6H2,1-4H3,(H,14,15,17). The van der Waals surface area contributed by atoms with Crippen LogP contribution in [0, 0.1) is 0 Å². The van der Waals surface area contributed by atoms with Crippen LogP contribution in [-0.4, -0.2) is 35.6 Å². The molecule has 0 bridgehead atoms. The Balaban J connectivity index is 2.07. The van der Waals surface area contributed by atoms with Crippen molar-refractivity contribution in [3.8, 4) is 5.75 Å². The molecular weight excluding hydrogens is 262 g/mol. The quantitative estimate of drug-likeness (QED) is 0.915. The van der Waals surface area contributed by atoms with Crippen molar-refractivity contribution in [3.05, 3.63) is 11.8 Å². The molecule has 0 aliphatic carbocycles. The Hall–Kier alpha value is -1.89. The van der Waals surface area contributed by atoms with Crippen LogP contribution in [0.4, 0.5) is 10.6 Å². The van der Waals surface area contributed by atoms with Gasteiger partial charge in [0.25, 0.3) is 0 Å². The molecular formula is C13H19N3O4. The molecule has 1 aliphatic rings. The summed E-state index contributed by atoms with van der Waals surface area (Å²) >= 11 is 0. The number of anilines is 1. The van der Waals surface area contributed by atoms with Gasteiger partial charge in [0, 0.05) is 12.5 Å². The van der Waals surface area contributed by atoms with Gasteiger partial charge in [-0.1, -0.05) is 0 Å². The molecule has 1 aliphatic heterocycles. The smallest absolute Gasteiger partial charge is 0.413 e. The van der Waals surface area contributed by atoms with Gasteiger partial charge in [0.05, 0.1) is 13.7 Å². The molecule has 1 N–H and O–H groups in total. The predicted octanol–water partition coefficient (Wildman–Crippen LogP) is 2.29. The summed E-state index contributed by atoms with van der Waals surface area (Å²) in [6.07, 6.45) is 0.235. The molecule has 0 radical (unpaired) electrons. The van der Waals surface area contributed by atoms with Crippen molar-refractivity contribution in [2.24, 2.45) is 0 Å². The fraction of sp³-hybridized carbons (Fsp3) is 0.615. The molecule has 20 heavy (non-hydrogen) atoms. The first-order chi connectivity index (χ1) is 9.39. The third-order valence-corrected chi connectivity index (χ3v) is 2.64. The highest BCUT2D eigenvalue weighted by Gasteiger charge is 2.26. The molecule has 0 spiro atoms. The van der Waals surface area contributed by atoms with Gasteiger partial charge < -0.3 is 14.2 Å². The maximum Gasteiger partial charge on any atom is 0.413 e. The van der Waals surface area contributed by atoms with E-state index in [-0.39, 0.29) is 11.9 Å². The fourth-order valence-electron chi connectivity index (χ4n) is 1.69. The molecule has 2 heterocycles. The minimum Gasteiger partial charge on any atom is -0.495 e. The lowest BCUT2D eigenvalue weighted by molar-refractivity contribution is -0.0568. The highest BCUT2D eigenvalue weighted by molar-refractivity contribution is 5.83. The van der Waals surface area contributed by atoms with Crippen molar-refractivity contribution in [1.29, 1.82) is 0 Å². The average molecular weight is 281 g/mol. The van der Waals surface area contributed by atoms with E-state index < -0.39 is 11.7 Å². The maximum atomic E-state index is 11.6. The summed E-state index contributed by atoms with van der Waals surface area (Å²) in [5, 5.41) is 10.5. The molecule has 1 saturated heterocycles. The molecule has 1 atom stereocenters. The fourth-order valence-corrected chi connectivity index (χ4v) is 1.69. The van der Waals surface area contributed by atoms with Gasteiger partial charge in [-0.15, -0.1) is 10.2 Å². The summed E-state index contributed by atoms with van der Waals surface area (Å²) in [7, 11) is 1.54. The zero-order valence-corrected chi connectivity index (χ0v) is 12.1. The van der Waals surface area contributed by atoms with Crippen LogP contribution in [0.15, 0.2) is 6.07 Å². The van der Waals surface area contributed by atoms with Crippen LogP contribution < -0.4 is 10.1 Å². The number of nitrogens with one attached hydrogen (secondary N) is 1. The minimum absolute atomic E-state index is 0.0759.